The molecule has 1 aliphatic carbocycles. The Kier molecular flexibility index (Phi) is 6.79. The molecule has 0 bridgehead atoms. The monoisotopic (exact) mass is 430 g/mol. The number of anilines is 2. The third-order valence-electron chi connectivity index (χ3n) is 6.15. The lowest BCUT2D eigenvalue weighted by Crippen LogP contribution is -2.56. The van der Waals surface area contributed by atoms with Gasteiger partial charge in [0.25, 0.3) is 0 Å². The highest BCUT2D eigenvalue weighted by molar-refractivity contribution is 7.13. The van der Waals surface area contributed by atoms with Gasteiger partial charge in [-0.1, -0.05) is 19.3 Å². The van der Waals surface area contributed by atoms with Crippen molar-refractivity contribution in [1.29, 1.82) is 0 Å². The van der Waals surface area contributed by atoms with Crippen LogP contribution in [0.4, 0.5) is 10.9 Å². The Bertz CT molecular complexity index is 819. The molecule has 1 saturated carbocycles. The summed E-state index contributed by atoms with van der Waals surface area (Å²) in [5.41, 5.74) is 0. The summed E-state index contributed by atoms with van der Waals surface area (Å²) in [6, 6.07) is 0.0996. The highest BCUT2D eigenvalue weighted by atomic mass is 32.1. The van der Waals surface area contributed by atoms with E-state index in [1.54, 1.807) is 37.0 Å². The third-order valence-corrected chi connectivity index (χ3v) is 6.93. The number of hydrogen-bond donors (Lipinski definition) is 0. The molecular formula is C21H30N6O2S. The molecule has 2 fully saturated rings. The van der Waals surface area contributed by atoms with Crippen molar-refractivity contribution in [3.05, 3.63) is 24.0 Å². The summed E-state index contributed by atoms with van der Waals surface area (Å²) in [6.45, 7) is 5.26. The molecule has 9 heteroatoms. The van der Waals surface area contributed by atoms with Crippen LogP contribution in [0.2, 0.25) is 0 Å². The SMILES string of the molecule is COc1cncc(N2CCN(C(C)C(=O)N(c3nccs3)C3CCCCC3)CC2)n1. The number of hydrogen-bond acceptors (Lipinski definition) is 8. The first-order chi connectivity index (χ1) is 14.7. The Morgan fingerprint density at radius 1 is 1.20 bits per heavy atom. The van der Waals surface area contributed by atoms with Crippen molar-refractivity contribution in [1.82, 2.24) is 19.9 Å². The van der Waals surface area contributed by atoms with Gasteiger partial charge in [-0.15, -0.1) is 11.3 Å². The molecule has 162 valence electrons. The van der Waals surface area contributed by atoms with Crippen molar-refractivity contribution < 1.29 is 9.53 Å². The molecule has 0 aromatic carbocycles. The lowest BCUT2D eigenvalue weighted by molar-refractivity contribution is -0.124. The zero-order valence-corrected chi connectivity index (χ0v) is 18.6. The summed E-state index contributed by atoms with van der Waals surface area (Å²) >= 11 is 1.56. The van der Waals surface area contributed by atoms with Crippen molar-refractivity contribution in [3.63, 3.8) is 0 Å². The molecule has 1 atom stereocenters. The predicted octanol–water partition coefficient (Wildman–Crippen LogP) is 2.82. The number of carbonyl (C=O) groups excluding carboxylic acids is 1. The van der Waals surface area contributed by atoms with Crippen molar-refractivity contribution in [2.45, 2.75) is 51.1 Å². The normalized spacial score (nSPS) is 19.5. The zero-order valence-electron chi connectivity index (χ0n) is 17.7. The number of amides is 1. The van der Waals surface area contributed by atoms with Crippen LogP contribution in [0.15, 0.2) is 24.0 Å². The summed E-state index contributed by atoms with van der Waals surface area (Å²) in [4.78, 5) is 33.2. The van der Waals surface area contributed by atoms with E-state index in [0.29, 0.717) is 5.88 Å². The van der Waals surface area contributed by atoms with Gasteiger partial charge < -0.3 is 9.64 Å². The first-order valence-corrected chi connectivity index (χ1v) is 11.6. The molecule has 0 spiro atoms. The van der Waals surface area contributed by atoms with Crippen LogP contribution in [0, 0.1) is 0 Å². The zero-order chi connectivity index (χ0) is 20.9. The Morgan fingerprint density at radius 3 is 2.63 bits per heavy atom. The van der Waals surface area contributed by atoms with E-state index in [1.807, 2.05) is 17.2 Å². The van der Waals surface area contributed by atoms with E-state index in [-0.39, 0.29) is 18.0 Å². The number of piperazine rings is 1. The summed E-state index contributed by atoms with van der Waals surface area (Å²) in [7, 11) is 1.60. The van der Waals surface area contributed by atoms with E-state index in [2.05, 4.69) is 24.8 Å². The van der Waals surface area contributed by atoms with Gasteiger partial charge in [0.2, 0.25) is 11.8 Å². The summed E-state index contributed by atoms with van der Waals surface area (Å²) in [5, 5.41) is 2.79. The van der Waals surface area contributed by atoms with Crippen molar-refractivity contribution in [2.75, 3.05) is 43.1 Å². The second-order valence-electron chi connectivity index (χ2n) is 7.93. The highest BCUT2D eigenvalue weighted by Gasteiger charge is 2.35. The molecule has 1 saturated heterocycles. The van der Waals surface area contributed by atoms with Crippen LogP contribution >= 0.6 is 11.3 Å². The molecule has 1 aliphatic heterocycles. The van der Waals surface area contributed by atoms with Gasteiger partial charge in [0.1, 0.15) is 0 Å². The van der Waals surface area contributed by atoms with Crippen molar-refractivity contribution in [2.24, 2.45) is 0 Å². The Labute approximate surface area is 181 Å². The number of rotatable bonds is 6. The fourth-order valence-corrected chi connectivity index (χ4v) is 5.11. The van der Waals surface area contributed by atoms with Gasteiger partial charge in [-0.05, 0) is 19.8 Å². The highest BCUT2D eigenvalue weighted by Crippen LogP contribution is 2.30. The van der Waals surface area contributed by atoms with Crippen LogP contribution in [-0.2, 0) is 4.79 Å². The van der Waals surface area contributed by atoms with E-state index in [0.717, 1.165) is 50.0 Å². The first kappa shape index (κ1) is 21.0. The molecule has 8 nitrogen and oxygen atoms in total. The summed E-state index contributed by atoms with van der Waals surface area (Å²) in [6.07, 6.45) is 10.9. The number of methoxy groups -OCH3 is 1. The van der Waals surface area contributed by atoms with Crippen LogP contribution in [0.3, 0.4) is 0 Å². The van der Waals surface area contributed by atoms with Crippen LogP contribution in [-0.4, -0.2) is 71.1 Å². The van der Waals surface area contributed by atoms with E-state index in [9.17, 15) is 4.79 Å². The van der Waals surface area contributed by atoms with Gasteiger partial charge in [0, 0.05) is 43.8 Å². The lowest BCUT2D eigenvalue weighted by Gasteiger charge is -2.40. The number of aromatic nitrogens is 3. The second-order valence-corrected chi connectivity index (χ2v) is 8.81. The van der Waals surface area contributed by atoms with Crippen LogP contribution in [0.1, 0.15) is 39.0 Å². The number of thiazole rings is 1. The van der Waals surface area contributed by atoms with E-state index < -0.39 is 0 Å². The molecule has 2 aromatic rings. The average molecular weight is 431 g/mol. The predicted molar refractivity (Wildman–Crippen MR) is 118 cm³/mol. The first-order valence-electron chi connectivity index (χ1n) is 10.7. The minimum atomic E-state index is -0.172. The maximum atomic E-state index is 13.6. The minimum Gasteiger partial charge on any atom is -0.480 e. The topological polar surface area (TPSA) is 74.7 Å². The van der Waals surface area contributed by atoms with Crippen molar-refractivity contribution >= 4 is 28.2 Å². The molecule has 1 unspecified atom stereocenters. The molecule has 4 rings (SSSR count). The minimum absolute atomic E-state index is 0.172. The smallest absolute Gasteiger partial charge is 0.246 e. The van der Waals surface area contributed by atoms with Gasteiger partial charge in [-0.2, -0.15) is 4.98 Å². The number of ether oxygens (including phenoxy) is 1. The fraction of sp³-hybridized carbons (Fsp3) is 0.619. The molecule has 0 radical (unpaired) electrons. The summed E-state index contributed by atoms with van der Waals surface area (Å²) < 4.78 is 5.19. The van der Waals surface area contributed by atoms with Crippen LogP contribution < -0.4 is 14.5 Å². The molecule has 1 amide bonds. The standard InChI is InChI=1S/C21H30N6O2S/c1-16(20(28)27(21-23-8-13-30-21)17-6-4-3-5-7-17)25-9-11-26(12-10-25)18-14-22-15-19(24-18)29-2/h8,13-17H,3-7,9-12H2,1-2H3. The number of nitrogens with zero attached hydrogens (tertiary/aromatic N) is 6. The summed E-state index contributed by atoms with van der Waals surface area (Å²) in [5.74, 6) is 1.51. The molecule has 2 aromatic heterocycles. The van der Waals surface area contributed by atoms with E-state index >= 15 is 0 Å². The van der Waals surface area contributed by atoms with E-state index in [1.165, 1.54) is 19.3 Å². The average Bonchev–Trinajstić information content (AvgIpc) is 3.34. The van der Waals surface area contributed by atoms with Gasteiger partial charge in [-0.25, -0.2) is 4.98 Å². The van der Waals surface area contributed by atoms with Gasteiger partial charge >= 0.3 is 0 Å². The van der Waals surface area contributed by atoms with Gasteiger partial charge in [0.15, 0.2) is 10.9 Å². The molecule has 3 heterocycles. The quantitative estimate of drug-likeness (QED) is 0.698. The largest absolute Gasteiger partial charge is 0.480 e. The molecule has 0 N–H and O–H groups in total. The van der Waals surface area contributed by atoms with Crippen LogP contribution in [0.25, 0.3) is 0 Å². The Morgan fingerprint density at radius 2 is 1.97 bits per heavy atom. The number of carbonyl (C=O) groups is 1. The maximum Gasteiger partial charge on any atom is 0.246 e. The maximum absolute atomic E-state index is 13.6. The van der Waals surface area contributed by atoms with Crippen molar-refractivity contribution in [3.8, 4) is 5.88 Å². The molecule has 30 heavy (non-hydrogen) atoms. The van der Waals surface area contributed by atoms with Gasteiger partial charge in [0.05, 0.1) is 25.5 Å². The fourth-order valence-electron chi connectivity index (χ4n) is 4.39. The molecule has 2 aliphatic rings. The second kappa shape index (κ2) is 9.70. The van der Waals surface area contributed by atoms with Crippen LogP contribution in [0.5, 0.6) is 5.88 Å². The van der Waals surface area contributed by atoms with Gasteiger partial charge in [-0.3, -0.25) is 19.6 Å². The Balaban J connectivity index is 1.42. The van der Waals surface area contributed by atoms with E-state index in [4.69, 9.17) is 4.74 Å². The molecular weight excluding hydrogens is 400 g/mol. The third kappa shape index (κ3) is 4.57. The Hall–Kier alpha value is -2.26. The lowest BCUT2D eigenvalue weighted by atomic mass is 9.94.